The number of rotatable bonds is 4. The highest BCUT2D eigenvalue weighted by atomic mass is 35.5. The fraction of sp³-hybridized carbons (Fsp3) is 0.238. The molecule has 2 aromatic rings. The molecule has 0 spiro atoms. The second-order valence-corrected chi connectivity index (χ2v) is 7.74. The van der Waals surface area contributed by atoms with Crippen molar-refractivity contribution in [3.8, 4) is 0 Å². The molecule has 7 heteroatoms. The lowest BCUT2D eigenvalue weighted by molar-refractivity contribution is -0.140. The van der Waals surface area contributed by atoms with Gasteiger partial charge in [-0.25, -0.2) is 0 Å². The quantitative estimate of drug-likeness (QED) is 0.444. The topological polar surface area (TPSA) is 77.8 Å². The fourth-order valence-corrected chi connectivity index (χ4v) is 3.84. The van der Waals surface area contributed by atoms with Gasteiger partial charge < -0.3 is 15.1 Å². The standard InChI is InChI=1S/C21H19Cl2NO4/c1-11-3-5-13(6-4-11)19(26)17-18(14-7-15(22)9-16(23)8-14)24(10-12(2)25)21(28)20(17)27/h3-9,12,18,25-26H,10H2,1-2H3/b19-17+. The van der Waals surface area contributed by atoms with Crippen molar-refractivity contribution in [1.29, 1.82) is 0 Å². The van der Waals surface area contributed by atoms with E-state index < -0.39 is 23.8 Å². The molecule has 0 saturated carbocycles. The van der Waals surface area contributed by atoms with Gasteiger partial charge in [-0.1, -0.05) is 53.0 Å². The average Bonchev–Trinajstić information content (AvgIpc) is 2.85. The second-order valence-electron chi connectivity index (χ2n) is 6.87. The molecule has 0 aromatic heterocycles. The van der Waals surface area contributed by atoms with Crippen LogP contribution in [-0.2, 0) is 9.59 Å². The van der Waals surface area contributed by atoms with Crippen molar-refractivity contribution < 1.29 is 19.8 Å². The maximum atomic E-state index is 12.8. The van der Waals surface area contributed by atoms with Crippen LogP contribution in [0, 0.1) is 6.92 Å². The van der Waals surface area contributed by atoms with E-state index >= 15 is 0 Å². The lowest BCUT2D eigenvalue weighted by atomic mass is 9.95. The van der Waals surface area contributed by atoms with Crippen molar-refractivity contribution >= 4 is 40.7 Å². The van der Waals surface area contributed by atoms with Crippen LogP contribution in [0.5, 0.6) is 0 Å². The van der Waals surface area contributed by atoms with Crippen molar-refractivity contribution in [2.24, 2.45) is 0 Å². The van der Waals surface area contributed by atoms with E-state index in [4.69, 9.17) is 23.2 Å². The Morgan fingerprint density at radius 3 is 2.21 bits per heavy atom. The molecular weight excluding hydrogens is 401 g/mol. The van der Waals surface area contributed by atoms with Gasteiger partial charge in [0.2, 0.25) is 0 Å². The van der Waals surface area contributed by atoms with Crippen LogP contribution in [0.25, 0.3) is 5.76 Å². The Bertz CT molecular complexity index is 947. The average molecular weight is 420 g/mol. The van der Waals surface area contributed by atoms with Gasteiger partial charge in [-0.15, -0.1) is 0 Å². The molecule has 2 N–H and O–H groups in total. The number of likely N-dealkylation sites (tertiary alicyclic amines) is 1. The number of β-amino-alcohol motifs (C(OH)–C–C–N with tert-alkyl or cyclic N) is 1. The van der Waals surface area contributed by atoms with E-state index in [2.05, 4.69) is 0 Å². The van der Waals surface area contributed by atoms with Crippen LogP contribution in [-0.4, -0.2) is 39.5 Å². The van der Waals surface area contributed by atoms with Crippen molar-refractivity contribution in [3.63, 3.8) is 0 Å². The van der Waals surface area contributed by atoms with Gasteiger partial charge in [0.1, 0.15) is 5.76 Å². The zero-order valence-electron chi connectivity index (χ0n) is 15.3. The molecule has 1 fully saturated rings. The molecule has 146 valence electrons. The van der Waals surface area contributed by atoms with E-state index in [1.54, 1.807) is 36.4 Å². The SMILES string of the molecule is Cc1ccc(/C(O)=C2\C(=O)C(=O)N(CC(C)O)C2c2cc(Cl)cc(Cl)c2)cc1. The number of hydrogen-bond acceptors (Lipinski definition) is 4. The van der Waals surface area contributed by atoms with E-state index in [-0.39, 0.29) is 17.9 Å². The van der Waals surface area contributed by atoms with Crippen molar-refractivity contribution in [2.75, 3.05) is 6.54 Å². The minimum absolute atomic E-state index is 0.0622. The molecular formula is C21H19Cl2NO4. The van der Waals surface area contributed by atoms with Gasteiger partial charge in [-0.3, -0.25) is 9.59 Å². The Morgan fingerprint density at radius 2 is 1.68 bits per heavy atom. The monoisotopic (exact) mass is 419 g/mol. The van der Waals surface area contributed by atoms with E-state index in [1.165, 1.54) is 17.9 Å². The Labute approximate surface area is 172 Å². The fourth-order valence-electron chi connectivity index (χ4n) is 3.30. The van der Waals surface area contributed by atoms with Crippen molar-refractivity contribution in [2.45, 2.75) is 26.0 Å². The molecule has 1 heterocycles. The lowest BCUT2D eigenvalue weighted by Gasteiger charge is -2.26. The summed E-state index contributed by atoms with van der Waals surface area (Å²) in [7, 11) is 0. The zero-order chi connectivity index (χ0) is 20.6. The first-order valence-electron chi connectivity index (χ1n) is 8.68. The largest absolute Gasteiger partial charge is 0.507 e. The molecule has 1 aliphatic rings. The van der Waals surface area contributed by atoms with Crippen LogP contribution in [0.2, 0.25) is 10.0 Å². The van der Waals surface area contributed by atoms with E-state index in [9.17, 15) is 19.8 Å². The van der Waals surface area contributed by atoms with Gasteiger partial charge in [0, 0.05) is 22.2 Å². The Balaban J connectivity index is 2.22. The lowest BCUT2D eigenvalue weighted by Crippen LogP contribution is -2.35. The first-order chi connectivity index (χ1) is 13.2. The van der Waals surface area contributed by atoms with Gasteiger partial charge in [0.15, 0.2) is 0 Å². The molecule has 3 rings (SSSR count). The number of benzene rings is 2. The summed E-state index contributed by atoms with van der Waals surface area (Å²) in [5.74, 6) is -1.90. The van der Waals surface area contributed by atoms with Gasteiger partial charge in [0.05, 0.1) is 17.7 Å². The summed E-state index contributed by atoms with van der Waals surface area (Å²) < 4.78 is 0. The number of Topliss-reactive ketones (excluding diaryl/α,β-unsaturated/α-hetero) is 1. The smallest absolute Gasteiger partial charge is 0.295 e. The van der Waals surface area contributed by atoms with Crippen LogP contribution in [0.3, 0.4) is 0 Å². The first-order valence-corrected chi connectivity index (χ1v) is 9.44. The molecule has 1 amide bonds. The highest BCUT2D eigenvalue weighted by Gasteiger charge is 2.46. The van der Waals surface area contributed by atoms with Crippen LogP contribution < -0.4 is 0 Å². The molecule has 0 bridgehead atoms. The minimum atomic E-state index is -0.910. The predicted molar refractivity (Wildman–Crippen MR) is 108 cm³/mol. The van der Waals surface area contributed by atoms with Gasteiger partial charge in [0.25, 0.3) is 11.7 Å². The molecule has 2 unspecified atom stereocenters. The number of halogens is 2. The molecule has 28 heavy (non-hydrogen) atoms. The summed E-state index contributed by atoms with van der Waals surface area (Å²) in [4.78, 5) is 26.7. The summed E-state index contributed by atoms with van der Waals surface area (Å²) in [6.45, 7) is 3.34. The van der Waals surface area contributed by atoms with Gasteiger partial charge >= 0.3 is 0 Å². The van der Waals surface area contributed by atoms with Crippen LogP contribution in [0.4, 0.5) is 0 Å². The number of nitrogens with zero attached hydrogens (tertiary/aromatic N) is 1. The highest BCUT2D eigenvalue weighted by Crippen LogP contribution is 2.41. The summed E-state index contributed by atoms with van der Waals surface area (Å²) in [6, 6.07) is 10.7. The number of ketones is 1. The number of amides is 1. The maximum absolute atomic E-state index is 12.8. The number of aliphatic hydroxyl groups excluding tert-OH is 2. The number of aryl methyl sites for hydroxylation is 1. The highest BCUT2D eigenvalue weighted by molar-refractivity contribution is 6.46. The Morgan fingerprint density at radius 1 is 1.11 bits per heavy atom. The predicted octanol–water partition coefficient (Wildman–Crippen LogP) is 4.10. The molecule has 0 radical (unpaired) electrons. The van der Waals surface area contributed by atoms with Crippen LogP contribution in [0.15, 0.2) is 48.0 Å². The Kier molecular flexibility index (Phi) is 5.79. The van der Waals surface area contributed by atoms with Crippen LogP contribution >= 0.6 is 23.2 Å². The third-order valence-corrected chi connectivity index (χ3v) is 4.96. The molecule has 5 nitrogen and oxygen atoms in total. The molecule has 1 saturated heterocycles. The molecule has 2 atom stereocenters. The minimum Gasteiger partial charge on any atom is -0.507 e. The third-order valence-electron chi connectivity index (χ3n) is 4.53. The van der Waals surface area contributed by atoms with E-state index in [0.717, 1.165) is 5.56 Å². The van der Waals surface area contributed by atoms with Gasteiger partial charge in [-0.2, -0.15) is 0 Å². The molecule has 2 aromatic carbocycles. The van der Waals surface area contributed by atoms with E-state index in [0.29, 0.717) is 21.2 Å². The van der Waals surface area contributed by atoms with E-state index in [1.807, 2.05) is 6.92 Å². The number of hydrogen-bond donors (Lipinski definition) is 2. The normalized spacial score (nSPS) is 19.9. The van der Waals surface area contributed by atoms with Crippen LogP contribution in [0.1, 0.15) is 29.7 Å². The number of aliphatic hydroxyl groups is 2. The first kappa shape index (κ1) is 20.4. The number of carbonyl (C=O) groups excluding carboxylic acids is 2. The third kappa shape index (κ3) is 3.92. The molecule has 0 aliphatic carbocycles. The summed E-state index contributed by atoms with van der Waals surface area (Å²) in [5.41, 5.74) is 1.82. The van der Waals surface area contributed by atoms with Gasteiger partial charge in [-0.05, 0) is 37.6 Å². The summed E-state index contributed by atoms with van der Waals surface area (Å²) >= 11 is 12.2. The molecule has 1 aliphatic heterocycles. The summed E-state index contributed by atoms with van der Waals surface area (Å²) in [5, 5.41) is 21.4. The zero-order valence-corrected chi connectivity index (χ0v) is 16.8. The second kappa shape index (κ2) is 7.95. The Hall–Kier alpha value is -2.34. The van der Waals surface area contributed by atoms with Crippen molar-refractivity contribution in [1.82, 2.24) is 4.90 Å². The number of carbonyl (C=O) groups is 2. The maximum Gasteiger partial charge on any atom is 0.295 e. The van der Waals surface area contributed by atoms with Crippen molar-refractivity contribution in [3.05, 3.63) is 74.8 Å². The summed E-state index contributed by atoms with van der Waals surface area (Å²) in [6.07, 6.45) is -0.866.